The molecule has 21 heavy (non-hydrogen) atoms. The van der Waals surface area contributed by atoms with Gasteiger partial charge >= 0.3 is 5.97 Å². The van der Waals surface area contributed by atoms with Gasteiger partial charge in [0.25, 0.3) is 0 Å². The third kappa shape index (κ3) is 3.46. The Balaban J connectivity index is 1.74. The van der Waals surface area contributed by atoms with Crippen molar-refractivity contribution in [1.82, 2.24) is 4.90 Å². The lowest BCUT2D eigenvalue weighted by molar-refractivity contribution is -0.141. The second kappa shape index (κ2) is 6.33. The standard InChI is InChI=1S/C17H17NO2S/c1-20-17(19)11-18-10-16(21-12-18)9-13-6-7-14-4-2-3-5-15(14)8-13/h2-9H,10-12H2,1H3. The van der Waals surface area contributed by atoms with Crippen LogP contribution in [0.4, 0.5) is 0 Å². The van der Waals surface area contributed by atoms with E-state index in [1.165, 1.54) is 28.4 Å². The summed E-state index contributed by atoms with van der Waals surface area (Å²) in [5.74, 6) is 0.664. The van der Waals surface area contributed by atoms with E-state index in [0.717, 1.165) is 12.4 Å². The number of esters is 1. The van der Waals surface area contributed by atoms with E-state index < -0.39 is 0 Å². The van der Waals surface area contributed by atoms with Gasteiger partial charge in [0.1, 0.15) is 0 Å². The number of carbonyl (C=O) groups is 1. The zero-order valence-electron chi connectivity index (χ0n) is 11.9. The molecule has 0 saturated carbocycles. The smallest absolute Gasteiger partial charge is 0.319 e. The number of fused-ring (bicyclic) bond motifs is 1. The Morgan fingerprint density at radius 3 is 2.90 bits per heavy atom. The monoisotopic (exact) mass is 299 g/mol. The molecule has 108 valence electrons. The molecule has 0 atom stereocenters. The zero-order chi connectivity index (χ0) is 14.7. The second-order valence-corrected chi connectivity index (χ2v) is 6.13. The Labute approximate surface area is 128 Å². The summed E-state index contributed by atoms with van der Waals surface area (Å²) in [6.07, 6.45) is 2.20. The molecule has 0 aliphatic carbocycles. The van der Waals surface area contributed by atoms with Crippen LogP contribution in [0.5, 0.6) is 0 Å². The van der Waals surface area contributed by atoms with Crippen molar-refractivity contribution in [2.24, 2.45) is 0 Å². The minimum Gasteiger partial charge on any atom is -0.468 e. The first-order chi connectivity index (χ1) is 10.2. The highest BCUT2D eigenvalue weighted by Crippen LogP contribution is 2.29. The van der Waals surface area contributed by atoms with E-state index in [-0.39, 0.29) is 5.97 Å². The maximum atomic E-state index is 11.3. The van der Waals surface area contributed by atoms with Gasteiger partial charge in [-0.05, 0) is 28.5 Å². The molecule has 2 aromatic rings. The predicted molar refractivity (Wildman–Crippen MR) is 88.0 cm³/mol. The molecule has 3 rings (SSSR count). The van der Waals surface area contributed by atoms with Crippen molar-refractivity contribution >= 4 is 34.6 Å². The Morgan fingerprint density at radius 2 is 2.10 bits per heavy atom. The quantitative estimate of drug-likeness (QED) is 0.813. The lowest BCUT2D eigenvalue weighted by Gasteiger charge is -2.10. The van der Waals surface area contributed by atoms with E-state index >= 15 is 0 Å². The number of thioether (sulfide) groups is 1. The van der Waals surface area contributed by atoms with Gasteiger partial charge in [-0.1, -0.05) is 36.4 Å². The summed E-state index contributed by atoms with van der Waals surface area (Å²) in [5, 5.41) is 2.51. The van der Waals surface area contributed by atoms with Gasteiger partial charge < -0.3 is 4.74 Å². The maximum Gasteiger partial charge on any atom is 0.319 e. The van der Waals surface area contributed by atoms with Crippen molar-refractivity contribution < 1.29 is 9.53 Å². The molecule has 2 aromatic carbocycles. The molecule has 1 saturated heterocycles. The molecule has 1 aliphatic rings. The Morgan fingerprint density at radius 1 is 1.29 bits per heavy atom. The third-order valence-electron chi connectivity index (χ3n) is 3.49. The Hall–Kier alpha value is -1.78. The summed E-state index contributed by atoms with van der Waals surface area (Å²) in [5.41, 5.74) is 1.20. The molecule has 1 aliphatic heterocycles. The van der Waals surface area contributed by atoms with Crippen LogP contribution in [-0.4, -0.2) is 36.9 Å². The molecule has 0 radical (unpaired) electrons. The summed E-state index contributed by atoms with van der Waals surface area (Å²) in [6.45, 7) is 1.17. The number of nitrogens with zero attached hydrogens (tertiary/aromatic N) is 1. The average Bonchev–Trinajstić information content (AvgIpc) is 2.94. The van der Waals surface area contributed by atoms with E-state index in [1.54, 1.807) is 11.8 Å². The number of methoxy groups -OCH3 is 1. The number of carbonyl (C=O) groups excluding carboxylic acids is 1. The van der Waals surface area contributed by atoms with Crippen LogP contribution < -0.4 is 0 Å². The van der Waals surface area contributed by atoms with Crippen LogP contribution in [0.1, 0.15) is 5.56 Å². The molecule has 0 amide bonds. The fourth-order valence-corrected chi connectivity index (χ4v) is 3.43. The SMILES string of the molecule is COC(=O)CN1CSC(=Cc2ccc3ccccc3c2)C1. The summed E-state index contributed by atoms with van der Waals surface area (Å²) in [7, 11) is 1.43. The lowest BCUT2D eigenvalue weighted by atomic mass is 10.1. The van der Waals surface area contributed by atoms with E-state index in [9.17, 15) is 4.79 Å². The molecule has 0 bridgehead atoms. The van der Waals surface area contributed by atoms with Crippen LogP contribution in [0.2, 0.25) is 0 Å². The first-order valence-corrected chi connectivity index (χ1v) is 7.84. The average molecular weight is 299 g/mol. The Bertz CT molecular complexity index is 696. The molecule has 1 fully saturated rings. The van der Waals surface area contributed by atoms with E-state index in [0.29, 0.717) is 6.54 Å². The van der Waals surface area contributed by atoms with Gasteiger partial charge in [-0.25, -0.2) is 0 Å². The normalized spacial score (nSPS) is 17.5. The van der Waals surface area contributed by atoms with E-state index in [1.807, 2.05) is 0 Å². The van der Waals surface area contributed by atoms with Crippen molar-refractivity contribution in [3.8, 4) is 0 Å². The van der Waals surface area contributed by atoms with Crippen LogP contribution in [0.3, 0.4) is 0 Å². The van der Waals surface area contributed by atoms with Gasteiger partial charge in [-0.15, -0.1) is 11.8 Å². The number of rotatable bonds is 3. The third-order valence-corrected chi connectivity index (χ3v) is 4.61. The van der Waals surface area contributed by atoms with Crippen LogP contribution in [0.25, 0.3) is 16.8 Å². The summed E-state index contributed by atoms with van der Waals surface area (Å²) < 4.78 is 4.70. The lowest BCUT2D eigenvalue weighted by Crippen LogP contribution is -2.27. The summed E-state index contributed by atoms with van der Waals surface area (Å²) in [6, 6.07) is 14.8. The van der Waals surface area contributed by atoms with Crippen LogP contribution >= 0.6 is 11.8 Å². The van der Waals surface area contributed by atoms with Crippen molar-refractivity contribution in [3.63, 3.8) is 0 Å². The maximum absolute atomic E-state index is 11.3. The van der Waals surface area contributed by atoms with Gasteiger partial charge in [0.2, 0.25) is 0 Å². The minimum absolute atomic E-state index is 0.178. The number of hydrogen-bond acceptors (Lipinski definition) is 4. The first-order valence-electron chi connectivity index (χ1n) is 6.86. The molecular weight excluding hydrogens is 282 g/mol. The van der Waals surface area contributed by atoms with Crippen molar-refractivity contribution in [1.29, 1.82) is 0 Å². The Kier molecular flexibility index (Phi) is 4.27. The highest BCUT2D eigenvalue weighted by atomic mass is 32.2. The minimum atomic E-state index is -0.178. The van der Waals surface area contributed by atoms with Crippen LogP contribution in [-0.2, 0) is 9.53 Å². The van der Waals surface area contributed by atoms with Gasteiger partial charge in [-0.3, -0.25) is 9.69 Å². The fraction of sp³-hybridized carbons (Fsp3) is 0.235. The van der Waals surface area contributed by atoms with E-state index in [4.69, 9.17) is 4.74 Å². The van der Waals surface area contributed by atoms with Crippen LogP contribution in [0, 0.1) is 0 Å². The molecule has 3 nitrogen and oxygen atoms in total. The van der Waals surface area contributed by atoms with Crippen molar-refractivity contribution in [2.45, 2.75) is 0 Å². The van der Waals surface area contributed by atoms with Gasteiger partial charge in [-0.2, -0.15) is 0 Å². The van der Waals surface area contributed by atoms with E-state index in [2.05, 4.69) is 53.4 Å². The highest BCUT2D eigenvalue weighted by Gasteiger charge is 2.19. The molecular formula is C17H17NO2S. The topological polar surface area (TPSA) is 29.5 Å². The predicted octanol–water partition coefficient (Wildman–Crippen LogP) is 3.36. The molecule has 0 N–H and O–H groups in total. The van der Waals surface area contributed by atoms with Gasteiger partial charge in [0.05, 0.1) is 13.7 Å². The summed E-state index contributed by atoms with van der Waals surface area (Å²) in [4.78, 5) is 14.7. The first kappa shape index (κ1) is 14.2. The van der Waals surface area contributed by atoms with Crippen LogP contribution in [0.15, 0.2) is 47.4 Å². The van der Waals surface area contributed by atoms with Crippen molar-refractivity contribution in [3.05, 3.63) is 52.9 Å². The fourth-order valence-electron chi connectivity index (χ4n) is 2.41. The number of ether oxygens (including phenoxy) is 1. The molecule has 0 unspecified atom stereocenters. The molecule has 4 heteroatoms. The molecule has 0 spiro atoms. The largest absolute Gasteiger partial charge is 0.468 e. The highest BCUT2D eigenvalue weighted by molar-refractivity contribution is 8.03. The molecule has 1 heterocycles. The molecule has 0 aromatic heterocycles. The van der Waals surface area contributed by atoms with Gasteiger partial charge in [0, 0.05) is 17.3 Å². The second-order valence-electron chi connectivity index (χ2n) is 5.05. The number of hydrogen-bond donors (Lipinski definition) is 0. The van der Waals surface area contributed by atoms with Gasteiger partial charge in [0.15, 0.2) is 0 Å². The zero-order valence-corrected chi connectivity index (χ0v) is 12.7. The number of benzene rings is 2. The van der Waals surface area contributed by atoms with Crippen molar-refractivity contribution in [2.75, 3.05) is 26.1 Å². The summed E-state index contributed by atoms with van der Waals surface area (Å²) >= 11 is 1.78.